The zero-order valence-electron chi connectivity index (χ0n) is 40.4. The molecule has 0 bridgehead atoms. The highest BCUT2D eigenvalue weighted by Gasteiger charge is 2.19. The van der Waals surface area contributed by atoms with Crippen molar-refractivity contribution < 1.29 is 28.6 Å². The van der Waals surface area contributed by atoms with Crippen LogP contribution in [0.2, 0.25) is 0 Å². The fourth-order valence-corrected chi connectivity index (χ4v) is 7.38. The van der Waals surface area contributed by atoms with E-state index in [2.05, 4.69) is 69.4 Å². The van der Waals surface area contributed by atoms with Gasteiger partial charge in [-0.25, -0.2) is 0 Å². The molecule has 0 fully saturated rings. The number of unbranched alkanes of at least 4 members (excludes halogenated alkanes) is 30. The Morgan fingerprint density at radius 2 is 0.607 bits per heavy atom. The van der Waals surface area contributed by atoms with Gasteiger partial charge in [0.1, 0.15) is 13.2 Å². The fourth-order valence-electron chi connectivity index (χ4n) is 7.38. The molecule has 0 saturated carbocycles. The average molecular weight is 855 g/mol. The van der Waals surface area contributed by atoms with Crippen LogP contribution in [-0.2, 0) is 28.6 Å². The number of hydrogen-bond donors (Lipinski definition) is 0. The number of allylic oxidation sites excluding steroid dienone is 8. The van der Waals surface area contributed by atoms with Crippen LogP contribution in [0.1, 0.15) is 265 Å². The molecule has 0 spiro atoms. The number of hydrogen-bond acceptors (Lipinski definition) is 6. The molecule has 0 amide bonds. The van der Waals surface area contributed by atoms with E-state index in [4.69, 9.17) is 14.2 Å². The van der Waals surface area contributed by atoms with E-state index >= 15 is 0 Å². The molecule has 0 N–H and O–H groups in total. The van der Waals surface area contributed by atoms with Crippen molar-refractivity contribution in [1.82, 2.24) is 0 Å². The van der Waals surface area contributed by atoms with Gasteiger partial charge in [-0.15, -0.1) is 0 Å². The van der Waals surface area contributed by atoms with E-state index in [1.807, 2.05) is 0 Å². The number of esters is 3. The molecule has 0 aromatic carbocycles. The van der Waals surface area contributed by atoms with Crippen molar-refractivity contribution in [1.29, 1.82) is 0 Å². The number of carbonyl (C=O) groups excluding carboxylic acids is 3. The molecule has 0 aliphatic rings. The minimum atomic E-state index is -0.786. The van der Waals surface area contributed by atoms with E-state index in [-0.39, 0.29) is 31.1 Å². The predicted octanol–water partition coefficient (Wildman–Crippen LogP) is 17.1. The lowest BCUT2D eigenvalue weighted by atomic mass is 10.0. The van der Waals surface area contributed by atoms with E-state index in [1.165, 1.54) is 135 Å². The van der Waals surface area contributed by atoms with E-state index in [0.717, 1.165) is 89.9 Å². The van der Waals surface area contributed by atoms with Gasteiger partial charge >= 0.3 is 17.9 Å². The van der Waals surface area contributed by atoms with Crippen molar-refractivity contribution in [2.75, 3.05) is 13.2 Å². The maximum absolute atomic E-state index is 12.8. The van der Waals surface area contributed by atoms with Crippen LogP contribution < -0.4 is 0 Å². The minimum Gasteiger partial charge on any atom is -0.462 e. The van der Waals surface area contributed by atoms with Crippen LogP contribution in [-0.4, -0.2) is 37.2 Å². The quantitative estimate of drug-likeness (QED) is 0.0199. The molecule has 1 unspecified atom stereocenters. The summed E-state index contributed by atoms with van der Waals surface area (Å²) in [5.74, 6) is -0.913. The lowest BCUT2D eigenvalue weighted by molar-refractivity contribution is -0.167. The highest BCUT2D eigenvalue weighted by Crippen LogP contribution is 2.15. The molecule has 0 saturated heterocycles. The van der Waals surface area contributed by atoms with E-state index in [1.54, 1.807) is 0 Å². The fraction of sp³-hybridized carbons (Fsp3) is 0.800. The van der Waals surface area contributed by atoms with Crippen LogP contribution >= 0.6 is 0 Å². The summed E-state index contributed by atoms with van der Waals surface area (Å²) in [6.45, 7) is 6.59. The summed E-state index contributed by atoms with van der Waals surface area (Å²) in [6.07, 6.45) is 59.5. The zero-order valence-corrected chi connectivity index (χ0v) is 40.4. The third-order valence-corrected chi connectivity index (χ3v) is 11.4. The summed E-state index contributed by atoms with van der Waals surface area (Å²) in [5, 5.41) is 0. The summed E-state index contributed by atoms with van der Waals surface area (Å²) in [4.78, 5) is 37.9. The molecule has 1 atom stereocenters. The lowest BCUT2D eigenvalue weighted by Gasteiger charge is -2.18. The molecule has 6 heteroatoms. The third-order valence-electron chi connectivity index (χ3n) is 11.4. The first-order valence-corrected chi connectivity index (χ1v) is 26.2. The molecule has 61 heavy (non-hydrogen) atoms. The molecule has 0 aliphatic carbocycles. The van der Waals surface area contributed by atoms with Gasteiger partial charge in [-0.05, 0) is 70.6 Å². The molecular weight excluding hydrogens is 757 g/mol. The molecule has 0 heterocycles. The van der Waals surface area contributed by atoms with Crippen LogP contribution in [0.4, 0.5) is 0 Å². The summed E-state index contributed by atoms with van der Waals surface area (Å²) in [7, 11) is 0. The van der Waals surface area contributed by atoms with Gasteiger partial charge in [0.15, 0.2) is 6.10 Å². The third kappa shape index (κ3) is 48.3. The first-order chi connectivity index (χ1) is 30.0. The first-order valence-electron chi connectivity index (χ1n) is 26.2. The van der Waals surface area contributed by atoms with Crippen LogP contribution in [0.25, 0.3) is 0 Å². The second kappa shape index (κ2) is 50.0. The Labute approximate surface area is 378 Å². The number of rotatable bonds is 47. The van der Waals surface area contributed by atoms with Gasteiger partial charge in [0, 0.05) is 19.3 Å². The van der Waals surface area contributed by atoms with Crippen molar-refractivity contribution in [3.05, 3.63) is 48.6 Å². The Balaban J connectivity index is 4.40. The Hall–Kier alpha value is -2.63. The minimum absolute atomic E-state index is 0.0837. The number of ether oxygens (including phenoxy) is 3. The Kier molecular flexibility index (Phi) is 47.9. The molecule has 0 aromatic heterocycles. The van der Waals surface area contributed by atoms with Gasteiger partial charge in [0.2, 0.25) is 0 Å². The average Bonchev–Trinajstić information content (AvgIpc) is 3.26. The summed E-state index contributed by atoms with van der Waals surface area (Å²) < 4.78 is 16.8. The SMILES string of the molecule is CCCCCCC\C=C/C=C\C=C/CCCCCCCC(=O)OCC(COC(=O)CCCCCCCCCCCCCC)OC(=O)CCCCC/C=C\CCCCCCCC. The Bertz CT molecular complexity index is 1070. The molecule has 0 radical (unpaired) electrons. The highest BCUT2D eigenvalue weighted by molar-refractivity contribution is 5.71. The molecule has 6 nitrogen and oxygen atoms in total. The van der Waals surface area contributed by atoms with Crippen LogP contribution in [0, 0.1) is 0 Å². The van der Waals surface area contributed by atoms with Crippen molar-refractivity contribution in [3.8, 4) is 0 Å². The molecule has 354 valence electrons. The maximum atomic E-state index is 12.8. The van der Waals surface area contributed by atoms with Crippen LogP contribution in [0.3, 0.4) is 0 Å². The molecule has 0 rings (SSSR count). The van der Waals surface area contributed by atoms with Crippen molar-refractivity contribution >= 4 is 17.9 Å². The predicted molar refractivity (Wildman–Crippen MR) is 261 cm³/mol. The topological polar surface area (TPSA) is 78.9 Å². The van der Waals surface area contributed by atoms with Crippen molar-refractivity contribution in [3.63, 3.8) is 0 Å². The second-order valence-corrected chi connectivity index (χ2v) is 17.5. The van der Waals surface area contributed by atoms with Gasteiger partial charge in [-0.3, -0.25) is 14.4 Å². The summed E-state index contributed by atoms with van der Waals surface area (Å²) in [5.41, 5.74) is 0. The van der Waals surface area contributed by atoms with E-state index < -0.39 is 6.10 Å². The molecular formula is C55H98O6. The van der Waals surface area contributed by atoms with E-state index in [9.17, 15) is 14.4 Å². The smallest absolute Gasteiger partial charge is 0.306 e. The summed E-state index contributed by atoms with van der Waals surface area (Å²) in [6, 6.07) is 0. The molecule has 0 aromatic rings. The normalized spacial score (nSPS) is 12.4. The molecule has 0 aliphatic heterocycles. The monoisotopic (exact) mass is 855 g/mol. The lowest BCUT2D eigenvalue weighted by Crippen LogP contribution is -2.30. The van der Waals surface area contributed by atoms with Crippen molar-refractivity contribution in [2.45, 2.75) is 271 Å². The maximum Gasteiger partial charge on any atom is 0.306 e. The second-order valence-electron chi connectivity index (χ2n) is 17.5. The van der Waals surface area contributed by atoms with E-state index in [0.29, 0.717) is 19.3 Å². The zero-order chi connectivity index (χ0) is 44.4. The van der Waals surface area contributed by atoms with Crippen molar-refractivity contribution in [2.24, 2.45) is 0 Å². The summed E-state index contributed by atoms with van der Waals surface area (Å²) >= 11 is 0. The van der Waals surface area contributed by atoms with Gasteiger partial charge in [0.25, 0.3) is 0 Å². The standard InChI is InChI=1S/C55H98O6/c1-4-7-10-13-16-19-22-25-26-27-28-29-31-33-36-39-42-45-48-54(57)60-51-52(50-59-53(56)47-44-41-38-35-32-24-21-18-15-12-9-6-3)61-55(58)49-46-43-40-37-34-30-23-20-17-14-11-8-5-2/h22,25-30,34,52H,4-21,23-24,31-33,35-51H2,1-3H3/b25-22-,27-26-,29-28-,34-30-. The van der Waals surface area contributed by atoms with Gasteiger partial charge in [0.05, 0.1) is 0 Å². The van der Waals surface area contributed by atoms with Gasteiger partial charge < -0.3 is 14.2 Å². The van der Waals surface area contributed by atoms with Gasteiger partial charge in [-0.1, -0.05) is 223 Å². The van der Waals surface area contributed by atoms with Crippen LogP contribution in [0.15, 0.2) is 48.6 Å². The largest absolute Gasteiger partial charge is 0.462 e. The first kappa shape index (κ1) is 58.4. The van der Waals surface area contributed by atoms with Gasteiger partial charge in [-0.2, -0.15) is 0 Å². The van der Waals surface area contributed by atoms with Crippen LogP contribution in [0.5, 0.6) is 0 Å². The number of carbonyl (C=O) groups is 3. The Morgan fingerprint density at radius 3 is 0.967 bits per heavy atom. The highest BCUT2D eigenvalue weighted by atomic mass is 16.6. The Morgan fingerprint density at radius 1 is 0.328 bits per heavy atom.